The largest absolute Gasteiger partial charge is 0.475 e. The Hall–Kier alpha value is -2.65. The van der Waals surface area contributed by atoms with Gasteiger partial charge in [-0.05, 0) is 78.2 Å². The standard InChI is InChI=1S/C30H47BN4O6/c1-22-19-35(20-23(2)40-22)30(3,4)16-15-25(18-32)28(36)34-17-9-8-12-26(21-34)41-29(37)33-27(31(38)39)14-13-24-10-6-5-7-11-24/h5-7,10-11,22-23,25-27,38-39H,8-9,12-17,19-21H2,1-4H3,(H,33,37)/t22-,23-,25?,26-,27+/m1/s1. The monoisotopic (exact) mass is 570 g/mol. The Balaban J connectivity index is 1.53. The molecule has 11 heteroatoms. The van der Waals surface area contributed by atoms with E-state index in [-0.39, 0.29) is 30.2 Å². The van der Waals surface area contributed by atoms with Crippen LogP contribution in [0.3, 0.4) is 0 Å². The number of morpholine rings is 1. The number of rotatable bonds is 11. The average molecular weight is 571 g/mol. The second-order valence-electron chi connectivity index (χ2n) is 12.2. The van der Waals surface area contributed by atoms with Crippen LogP contribution in [-0.2, 0) is 20.7 Å². The zero-order valence-electron chi connectivity index (χ0n) is 25.0. The van der Waals surface area contributed by atoms with Crippen LogP contribution in [0, 0.1) is 17.2 Å². The fourth-order valence-corrected chi connectivity index (χ4v) is 5.79. The summed E-state index contributed by atoms with van der Waals surface area (Å²) in [5.41, 5.74) is 0.842. The van der Waals surface area contributed by atoms with Crippen LogP contribution in [-0.4, -0.2) is 94.9 Å². The Kier molecular flexibility index (Phi) is 12.5. The molecular weight excluding hydrogens is 523 g/mol. The van der Waals surface area contributed by atoms with E-state index in [9.17, 15) is 24.9 Å². The van der Waals surface area contributed by atoms with E-state index in [0.29, 0.717) is 38.6 Å². The highest BCUT2D eigenvalue weighted by Gasteiger charge is 2.36. The summed E-state index contributed by atoms with van der Waals surface area (Å²) < 4.78 is 11.5. The Bertz CT molecular complexity index is 1010. The SMILES string of the molecule is C[C@@H]1CN(C(C)(C)CCC(C#N)C(=O)N2CCCC[C@@H](OC(=O)N[C@@H](CCc3ccccc3)B(O)O)C2)C[C@@H](C)O1. The number of amides is 2. The first-order chi connectivity index (χ1) is 19.5. The summed E-state index contributed by atoms with van der Waals surface area (Å²) in [4.78, 5) is 30.2. The van der Waals surface area contributed by atoms with Crippen molar-refractivity contribution in [2.75, 3.05) is 26.2 Å². The number of nitrogens with one attached hydrogen (secondary N) is 1. The minimum Gasteiger partial charge on any atom is -0.444 e. The molecular formula is C30H47BN4O6. The van der Waals surface area contributed by atoms with Crippen LogP contribution in [0.2, 0.25) is 0 Å². The van der Waals surface area contributed by atoms with E-state index >= 15 is 0 Å². The molecule has 1 unspecified atom stereocenters. The summed E-state index contributed by atoms with van der Waals surface area (Å²) >= 11 is 0. The number of likely N-dealkylation sites (tertiary alicyclic amines) is 1. The van der Waals surface area contributed by atoms with Gasteiger partial charge >= 0.3 is 13.2 Å². The van der Waals surface area contributed by atoms with Crippen molar-refractivity contribution >= 4 is 19.1 Å². The molecule has 2 fully saturated rings. The van der Waals surface area contributed by atoms with Gasteiger partial charge in [0.15, 0.2) is 0 Å². The maximum absolute atomic E-state index is 13.4. The molecule has 0 aromatic heterocycles. The van der Waals surface area contributed by atoms with Gasteiger partial charge in [0.05, 0.1) is 30.8 Å². The van der Waals surface area contributed by atoms with E-state index in [0.717, 1.165) is 31.5 Å². The first kappa shape index (κ1) is 32.9. The molecule has 41 heavy (non-hydrogen) atoms. The molecule has 5 atom stereocenters. The molecule has 2 heterocycles. The molecule has 0 aliphatic carbocycles. The van der Waals surface area contributed by atoms with E-state index in [2.05, 4.69) is 44.0 Å². The van der Waals surface area contributed by atoms with Crippen LogP contribution in [0.1, 0.15) is 71.8 Å². The van der Waals surface area contributed by atoms with E-state index in [1.54, 1.807) is 4.90 Å². The average Bonchev–Trinajstić information content (AvgIpc) is 3.16. The van der Waals surface area contributed by atoms with Gasteiger partial charge < -0.3 is 29.7 Å². The highest BCUT2D eigenvalue weighted by atomic mass is 16.6. The molecule has 226 valence electrons. The molecule has 0 saturated carbocycles. The fraction of sp³-hybridized carbons (Fsp3) is 0.700. The quantitative estimate of drug-likeness (QED) is 0.346. The normalized spacial score (nSPS) is 23.5. The Morgan fingerprint density at radius 3 is 2.46 bits per heavy atom. The number of nitriles is 1. The van der Waals surface area contributed by atoms with Gasteiger partial charge in [-0.3, -0.25) is 9.69 Å². The first-order valence-electron chi connectivity index (χ1n) is 14.9. The van der Waals surface area contributed by atoms with Crippen LogP contribution < -0.4 is 5.32 Å². The molecule has 3 N–H and O–H groups in total. The van der Waals surface area contributed by atoms with Crippen LogP contribution in [0.15, 0.2) is 30.3 Å². The number of carbonyl (C=O) groups is 2. The summed E-state index contributed by atoms with van der Waals surface area (Å²) in [6, 6.07) is 11.8. The molecule has 0 spiro atoms. The van der Waals surface area contributed by atoms with E-state index in [4.69, 9.17) is 9.47 Å². The predicted octanol–water partition coefficient (Wildman–Crippen LogP) is 2.91. The summed E-state index contributed by atoms with van der Waals surface area (Å²) in [7, 11) is -1.73. The smallest absolute Gasteiger partial charge is 0.444 e. The zero-order chi connectivity index (χ0) is 30.0. The number of ether oxygens (including phenoxy) is 2. The van der Waals surface area contributed by atoms with Crippen molar-refractivity contribution in [2.24, 2.45) is 5.92 Å². The lowest BCUT2D eigenvalue weighted by atomic mass is 9.76. The van der Waals surface area contributed by atoms with Gasteiger partial charge in [0.1, 0.15) is 12.0 Å². The summed E-state index contributed by atoms with van der Waals surface area (Å²) in [5.74, 6) is -1.89. The highest BCUT2D eigenvalue weighted by Crippen LogP contribution is 2.28. The predicted molar refractivity (Wildman–Crippen MR) is 157 cm³/mol. The topological polar surface area (TPSA) is 135 Å². The Morgan fingerprint density at radius 1 is 1.15 bits per heavy atom. The second kappa shape index (κ2) is 15.5. The number of hydrogen-bond donors (Lipinski definition) is 3. The van der Waals surface area contributed by atoms with E-state index in [1.807, 2.05) is 30.3 Å². The van der Waals surface area contributed by atoms with Gasteiger partial charge in [-0.15, -0.1) is 0 Å². The summed E-state index contributed by atoms with van der Waals surface area (Å²) in [6.45, 7) is 10.8. The van der Waals surface area contributed by atoms with Crippen molar-refractivity contribution in [3.63, 3.8) is 0 Å². The lowest BCUT2D eigenvalue weighted by Crippen LogP contribution is -2.55. The molecule has 2 aliphatic heterocycles. The van der Waals surface area contributed by atoms with Gasteiger partial charge in [-0.2, -0.15) is 5.26 Å². The van der Waals surface area contributed by atoms with Crippen LogP contribution >= 0.6 is 0 Å². The molecule has 3 rings (SSSR count). The van der Waals surface area contributed by atoms with Crippen molar-refractivity contribution in [1.82, 2.24) is 15.1 Å². The molecule has 1 aromatic carbocycles. The number of alkyl carbamates (subject to hydrolysis) is 1. The number of benzene rings is 1. The third-order valence-electron chi connectivity index (χ3n) is 8.24. The van der Waals surface area contributed by atoms with Gasteiger partial charge in [-0.25, -0.2) is 4.79 Å². The van der Waals surface area contributed by atoms with Crippen molar-refractivity contribution in [3.05, 3.63) is 35.9 Å². The van der Waals surface area contributed by atoms with Gasteiger partial charge in [0.25, 0.3) is 0 Å². The molecule has 0 radical (unpaired) electrons. The van der Waals surface area contributed by atoms with Crippen molar-refractivity contribution in [2.45, 2.75) is 102 Å². The maximum Gasteiger partial charge on any atom is 0.475 e. The number of nitrogens with zero attached hydrogens (tertiary/aromatic N) is 3. The molecule has 2 saturated heterocycles. The van der Waals surface area contributed by atoms with Crippen molar-refractivity contribution in [3.8, 4) is 6.07 Å². The second-order valence-corrected chi connectivity index (χ2v) is 12.2. The number of aryl methyl sites for hydroxylation is 1. The lowest BCUT2D eigenvalue weighted by molar-refractivity contribution is -0.135. The fourth-order valence-electron chi connectivity index (χ4n) is 5.79. The van der Waals surface area contributed by atoms with E-state index < -0.39 is 31.2 Å². The first-order valence-corrected chi connectivity index (χ1v) is 14.9. The molecule has 2 amide bonds. The molecule has 1 aromatic rings. The molecule has 0 bridgehead atoms. The molecule has 2 aliphatic rings. The van der Waals surface area contributed by atoms with Crippen LogP contribution in [0.5, 0.6) is 0 Å². The zero-order valence-corrected chi connectivity index (χ0v) is 25.0. The van der Waals surface area contributed by atoms with Crippen LogP contribution in [0.4, 0.5) is 4.79 Å². The number of carbonyl (C=O) groups excluding carboxylic acids is 2. The number of hydrogen-bond acceptors (Lipinski definition) is 8. The highest BCUT2D eigenvalue weighted by molar-refractivity contribution is 6.43. The summed E-state index contributed by atoms with van der Waals surface area (Å²) in [6.07, 6.45) is 3.14. The van der Waals surface area contributed by atoms with Crippen molar-refractivity contribution in [1.29, 1.82) is 5.26 Å². The van der Waals surface area contributed by atoms with E-state index in [1.165, 1.54) is 0 Å². The maximum atomic E-state index is 13.4. The van der Waals surface area contributed by atoms with Gasteiger partial charge in [0.2, 0.25) is 5.91 Å². The Labute approximate surface area is 245 Å². The summed E-state index contributed by atoms with van der Waals surface area (Å²) in [5, 5.41) is 32.1. The Morgan fingerprint density at radius 2 is 1.83 bits per heavy atom. The third kappa shape index (κ3) is 10.3. The lowest BCUT2D eigenvalue weighted by Gasteiger charge is -2.45. The molecule has 10 nitrogen and oxygen atoms in total. The third-order valence-corrected chi connectivity index (χ3v) is 8.24. The van der Waals surface area contributed by atoms with Crippen molar-refractivity contribution < 1.29 is 29.1 Å². The minimum atomic E-state index is -1.73. The van der Waals surface area contributed by atoms with Gasteiger partial charge in [0, 0.05) is 25.2 Å². The minimum absolute atomic E-state index is 0.137. The van der Waals surface area contributed by atoms with Gasteiger partial charge in [-0.1, -0.05) is 30.3 Å². The van der Waals surface area contributed by atoms with Crippen LogP contribution in [0.25, 0.3) is 0 Å².